The highest BCUT2D eigenvalue weighted by molar-refractivity contribution is 7.85. The third-order valence-corrected chi connectivity index (χ3v) is 4.23. The number of hydrogen-bond donors (Lipinski definition) is 0. The second-order valence-corrected chi connectivity index (χ2v) is 7.12. The molecule has 2 saturated heterocycles. The summed E-state index contributed by atoms with van der Waals surface area (Å²) in [5, 5.41) is 0. The van der Waals surface area contributed by atoms with Crippen LogP contribution in [0.4, 0.5) is 4.79 Å². The van der Waals surface area contributed by atoms with Crippen molar-refractivity contribution in [2.75, 3.05) is 13.2 Å². The maximum absolute atomic E-state index is 12.0. The van der Waals surface area contributed by atoms with Crippen LogP contribution >= 0.6 is 0 Å². The second-order valence-electron chi connectivity index (χ2n) is 5.64. The minimum Gasteiger partial charge on any atom is -0.443 e. The molecule has 0 aromatic heterocycles. The zero-order chi connectivity index (χ0) is 14.3. The van der Waals surface area contributed by atoms with E-state index in [1.54, 1.807) is 20.8 Å². The second kappa shape index (κ2) is 4.92. The Hall–Kier alpha value is -0.860. The first kappa shape index (κ1) is 14.5. The van der Waals surface area contributed by atoms with Crippen LogP contribution < -0.4 is 0 Å². The lowest BCUT2D eigenvalue weighted by atomic mass is 10.1. The molecule has 110 valence electrons. The first-order valence-corrected chi connectivity index (χ1v) is 7.60. The third-order valence-electron chi connectivity index (χ3n) is 2.90. The van der Waals surface area contributed by atoms with Gasteiger partial charge in [0.2, 0.25) is 0 Å². The van der Waals surface area contributed by atoms with Crippen molar-refractivity contribution in [1.29, 1.82) is 0 Å². The van der Waals surface area contributed by atoms with Crippen LogP contribution in [-0.4, -0.2) is 49.8 Å². The molecule has 0 radical (unpaired) electrons. The van der Waals surface area contributed by atoms with Gasteiger partial charge in [-0.05, 0) is 33.6 Å². The van der Waals surface area contributed by atoms with Gasteiger partial charge in [0.15, 0.2) is 0 Å². The molecule has 2 fully saturated rings. The van der Waals surface area contributed by atoms with Crippen LogP contribution in [0.5, 0.6) is 0 Å². The molecule has 19 heavy (non-hydrogen) atoms. The molecule has 2 rings (SSSR count). The van der Waals surface area contributed by atoms with E-state index in [0.29, 0.717) is 17.3 Å². The molecule has 2 atom stereocenters. The van der Waals surface area contributed by atoms with Crippen LogP contribution in [-0.2, 0) is 24.0 Å². The molecule has 2 aliphatic rings. The SMILES string of the molecule is CC(C)(C)OC(=O)N1[C@@H]([C@@H]2CCCO2)COS1(=O)=O. The van der Waals surface area contributed by atoms with Gasteiger partial charge in [-0.2, -0.15) is 12.7 Å². The van der Waals surface area contributed by atoms with E-state index in [-0.39, 0.29) is 12.7 Å². The number of nitrogens with zero attached hydrogens (tertiary/aromatic N) is 1. The van der Waals surface area contributed by atoms with Crippen molar-refractivity contribution in [3.63, 3.8) is 0 Å². The van der Waals surface area contributed by atoms with Crippen molar-refractivity contribution in [3.05, 3.63) is 0 Å². The smallest absolute Gasteiger partial charge is 0.426 e. The van der Waals surface area contributed by atoms with Gasteiger partial charge < -0.3 is 9.47 Å². The fraction of sp³-hybridized carbons (Fsp3) is 0.909. The van der Waals surface area contributed by atoms with E-state index in [4.69, 9.17) is 13.7 Å². The van der Waals surface area contributed by atoms with Crippen molar-refractivity contribution >= 4 is 16.4 Å². The summed E-state index contributed by atoms with van der Waals surface area (Å²) in [7, 11) is -4.07. The Morgan fingerprint density at radius 2 is 2.05 bits per heavy atom. The summed E-state index contributed by atoms with van der Waals surface area (Å²) in [6, 6.07) is -0.637. The normalized spacial score (nSPS) is 30.6. The highest BCUT2D eigenvalue weighted by Gasteiger charge is 2.49. The number of rotatable bonds is 1. The molecule has 0 aliphatic carbocycles. The Morgan fingerprint density at radius 3 is 2.58 bits per heavy atom. The predicted molar refractivity (Wildman–Crippen MR) is 65.7 cm³/mol. The lowest BCUT2D eigenvalue weighted by Crippen LogP contribution is -2.47. The van der Waals surface area contributed by atoms with Gasteiger partial charge >= 0.3 is 16.4 Å². The van der Waals surface area contributed by atoms with Crippen molar-refractivity contribution in [2.24, 2.45) is 0 Å². The van der Waals surface area contributed by atoms with Crippen LogP contribution in [0.25, 0.3) is 0 Å². The highest BCUT2D eigenvalue weighted by Crippen LogP contribution is 2.29. The summed E-state index contributed by atoms with van der Waals surface area (Å²) >= 11 is 0. The van der Waals surface area contributed by atoms with Gasteiger partial charge in [-0.1, -0.05) is 0 Å². The average molecular weight is 293 g/mol. The van der Waals surface area contributed by atoms with Crippen molar-refractivity contribution in [1.82, 2.24) is 4.31 Å². The Labute approximate surface area is 113 Å². The van der Waals surface area contributed by atoms with Gasteiger partial charge in [-0.15, -0.1) is 0 Å². The maximum Gasteiger partial charge on any atom is 0.426 e. The Balaban J connectivity index is 2.19. The molecule has 0 aromatic rings. The van der Waals surface area contributed by atoms with Crippen molar-refractivity contribution in [2.45, 2.75) is 51.4 Å². The number of carbonyl (C=O) groups is 1. The Bertz CT molecular complexity index is 448. The first-order chi connectivity index (χ1) is 8.71. The summed E-state index contributed by atoms with van der Waals surface area (Å²) in [5.74, 6) is 0. The van der Waals surface area contributed by atoms with E-state index < -0.39 is 28.0 Å². The summed E-state index contributed by atoms with van der Waals surface area (Å²) in [6.07, 6.45) is 0.335. The predicted octanol–water partition coefficient (Wildman–Crippen LogP) is 1.05. The lowest BCUT2D eigenvalue weighted by Gasteiger charge is -2.28. The number of hydrogen-bond acceptors (Lipinski definition) is 6. The Kier molecular flexibility index (Phi) is 3.76. The fourth-order valence-electron chi connectivity index (χ4n) is 2.14. The zero-order valence-corrected chi connectivity index (χ0v) is 12.1. The van der Waals surface area contributed by atoms with Crippen LogP contribution in [0.3, 0.4) is 0 Å². The summed E-state index contributed by atoms with van der Waals surface area (Å²) in [4.78, 5) is 12.0. The molecule has 0 unspecified atom stereocenters. The van der Waals surface area contributed by atoms with E-state index >= 15 is 0 Å². The quantitative estimate of drug-likeness (QED) is 0.718. The highest BCUT2D eigenvalue weighted by atomic mass is 32.2. The van der Waals surface area contributed by atoms with Gasteiger partial charge in [-0.3, -0.25) is 4.18 Å². The minimum absolute atomic E-state index is 0.0771. The van der Waals surface area contributed by atoms with Gasteiger partial charge in [0.05, 0.1) is 12.7 Å². The third kappa shape index (κ3) is 3.18. The number of ether oxygens (including phenoxy) is 2. The molecule has 0 bridgehead atoms. The fourth-order valence-corrected chi connectivity index (χ4v) is 3.32. The molecule has 0 N–H and O–H groups in total. The summed E-state index contributed by atoms with van der Waals surface area (Å²) in [5.41, 5.74) is -0.768. The zero-order valence-electron chi connectivity index (χ0n) is 11.3. The summed E-state index contributed by atoms with van der Waals surface area (Å²) < 4.78 is 39.6. The Morgan fingerprint density at radius 1 is 1.37 bits per heavy atom. The molecule has 2 aliphatic heterocycles. The average Bonchev–Trinajstić information content (AvgIpc) is 2.81. The van der Waals surface area contributed by atoms with Gasteiger partial charge in [-0.25, -0.2) is 4.79 Å². The molecule has 1 amide bonds. The molecule has 2 heterocycles. The van der Waals surface area contributed by atoms with Crippen LogP contribution in [0.15, 0.2) is 0 Å². The van der Waals surface area contributed by atoms with Crippen molar-refractivity contribution in [3.8, 4) is 0 Å². The molecule has 7 nitrogen and oxygen atoms in total. The maximum atomic E-state index is 12.0. The van der Waals surface area contributed by atoms with E-state index in [1.165, 1.54) is 0 Å². The molecule has 8 heteroatoms. The van der Waals surface area contributed by atoms with Crippen molar-refractivity contribution < 1.29 is 26.9 Å². The van der Waals surface area contributed by atoms with E-state index in [0.717, 1.165) is 6.42 Å². The largest absolute Gasteiger partial charge is 0.443 e. The van der Waals surface area contributed by atoms with Crippen LogP contribution in [0.1, 0.15) is 33.6 Å². The molecule has 0 spiro atoms. The van der Waals surface area contributed by atoms with Gasteiger partial charge in [0.1, 0.15) is 11.6 Å². The van der Waals surface area contributed by atoms with E-state index in [2.05, 4.69) is 0 Å². The number of carbonyl (C=O) groups excluding carboxylic acids is 1. The monoisotopic (exact) mass is 293 g/mol. The molecule has 0 saturated carbocycles. The van der Waals surface area contributed by atoms with Gasteiger partial charge in [0, 0.05) is 6.61 Å². The molecular formula is C11H19NO6S. The van der Waals surface area contributed by atoms with E-state index in [1.807, 2.05) is 0 Å². The lowest BCUT2D eigenvalue weighted by molar-refractivity contribution is 0.0143. The summed E-state index contributed by atoms with van der Waals surface area (Å²) in [6.45, 7) is 5.52. The molecular weight excluding hydrogens is 274 g/mol. The van der Waals surface area contributed by atoms with Gasteiger partial charge in [0.25, 0.3) is 0 Å². The molecule has 0 aromatic carbocycles. The van der Waals surface area contributed by atoms with E-state index in [9.17, 15) is 13.2 Å². The topological polar surface area (TPSA) is 82.1 Å². The van der Waals surface area contributed by atoms with Crippen LogP contribution in [0, 0.1) is 0 Å². The standard InChI is InChI=1S/C11H19NO6S/c1-11(2,3)18-10(13)12-8(7-17-19(12,14)15)9-5-4-6-16-9/h8-9H,4-7H2,1-3H3/t8-,9+/m1/s1. The minimum atomic E-state index is -4.07. The number of amides is 1. The van der Waals surface area contributed by atoms with Crippen LogP contribution in [0.2, 0.25) is 0 Å². The first-order valence-electron chi connectivity index (χ1n) is 6.24.